The van der Waals surface area contributed by atoms with Crippen LogP contribution in [0.4, 0.5) is 13.2 Å². The Kier molecular flexibility index (Phi) is 3.45. The quantitative estimate of drug-likeness (QED) is 0.896. The van der Waals surface area contributed by atoms with Gasteiger partial charge in [0.25, 0.3) is 0 Å². The van der Waals surface area contributed by atoms with Gasteiger partial charge < -0.3 is 14.6 Å². The molecule has 3 atom stereocenters. The summed E-state index contributed by atoms with van der Waals surface area (Å²) in [5, 5.41) is 11.4. The van der Waals surface area contributed by atoms with Crippen molar-refractivity contribution in [3.63, 3.8) is 0 Å². The first kappa shape index (κ1) is 13.8. The number of fused-ring (bicyclic) bond motifs is 1. The Morgan fingerprint density at radius 1 is 1.35 bits per heavy atom. The highest BCUT2D eigenvalue weighted by Crippen LogP contribution is 2.35. The summed E-state index contributed by atoms with van der Waals surface area (Å²) in [4.78, 5) is 0. The summed E-state index contributed by atoms with van der Waals surface area (Å²) in [5.74, 6) is -0.0407. The van der Waals surface area contributed by atoms with Gasteiger partial charge in [0.1, 0.15) is 11.6 Å². The summed E-state index contributed by atoms with van der Waals surface area (Å²) in [6.45, 7) is 0.614. The van der Waals surface area contributed by atoms with Crippen LogP contribution < -0.4 is 5.32 Å². The molecule has 1 aromatic rings. The zero-order valence-electron chi connectivity index (χ0n) is 11.2. The van der Waals surface area contributed by atoms with E-state index in [1.54, 1.807) is 11.7 Å². The summed E-state index contributed by atoms with van der Waals surface area (Å²) < 4.78 is 45.5. The van der Waals surface area contributed by atoms with Gasteiger partial charge in [0.15, 0.2) is 0 Å². The lowest BCUT2D eigenvalue weighted by Crippen LogP contribution is -2.33. The number of methoxy groups -OCH3 is 1. The normalized spacial score (nSPS) is 30.5. The average molecular weight is 290 g/mol. The zero-order valence-corrected chi connectivity index (χ0v) is 11.2. The Morgan fingerprint density at radius 2 is 2.15 bits per heavy atom. The van der Waals surface area contributed by atoms with Crippen LogP contribution in [0.1, 0.15) is 30.5 Å². The van der Waals surface area contributed by atoms with E-state index in [2.05, 4.69) is 15.5 Å². The molecule has 8 heteroatoms. The lowest BCUT2D eigenvalue weighted by Gasteiger charge is -2.27. The second-order valence-electron chi connectivity index (χ2n) is 5.42. The SMILES string of the molecule is COC1CNC(c2nnc3n2CC(C(F)(F)F)CC3)C1. The molecule has 0 spiro atoms. The first-order valence-electron chi connectivity index (χ1n) is 6.74. The zero-order chi connectivity index (χ0) is 14.3. The number of hydrogen-bond acceptors (Lipinski definition) is 4. The van der Waals surface area contributed by atoms with Crippen LogP contribution in [-0.4, -0.2) is 40.7 Å². The molecule has 0 bridgehead atoms. The predicted octanol–water partition coefficient (Wildman–Crippen LogP) is 1.45. The molecule has 2 aliphatic rings. The van der Waals surface area contributed by atoms with Gasteiger partial charge in [-0.05, 0) is 12.8 Å². The van der Waals surface area contributed by atoms with Crippen molar-refractivity contribution in [1.29, 1.82) is 0 Å². The Hall–Kier alpha value is -1.15. The molecule has 20 heavy (non-hydrogen) atoms. The van der Waals surface area contributed by atoms with Crippen molar-refractivity contribution in [3.05, 3.63) is 11.6 Å². The van der Waals surface area contributed by atoms with Crippen LogP contribution in [0.25, 0.3) is 0 Å². The topological polar surface area (TPSA) is 52.0 Å². The highest BCUT2D eigenvalue weighted by Gasteiger charge is 2.43. The van der Waals surface area contributed by atoms with E-state index in [0.717, 1.165) is 0 Å². The van der Waals surface area contributed by atoms with Crippen LogP contribution in [0.3, 0.4) is 0 Å². The van der Waals surface area contributed by atoms with Crippen LogP contribution >= 0.6 is 0 Å². The molecule has 3 rings (SSSR count). The number of aromatic nitrogens is 3. The number of ether oxygens (including phenoxy) is 1. The molecule has 0 radical (unpaired) electrons. The third-order valence-corrected chi connectivity index (χ3v) is 4.17. The van der Waals surface area contributed by atoms with Crippen molar-refractivity contribution in [2.24, 2.45) is 5.92 Å². The van der Waals surface area contributed by atoms with Crippen LogP contribution in [0, 0.1) is 5.92 Å². The third-order valence-electron chi connectivity index (χ3n) is 4.17. The van der Waals surface area contributed by atoms with Crippen molar-refractivity contribution in [2.45, 2.75) is 44.1 Å². The Morgan fingerprint density at radius 3 is 2.80 bits per heavy atom. The third kappa shape index (κ3) is 2.42. The fourth-order valence-electron chi connectivity index (χ4n) is 2.95. The van der Waals surface area contributed by atoms with E-state index in [1.165, 1.54) is 0 Å². The number of halogens is 3. The monoisotopic (exact) mass is 290 g/mol. The van der Waals surface area contributed by atoms with Gasteiger partial charge >= 0.3 is 6.18 Å². The summed E-state index contributed by atoms with van der Waals surface area (Å²) in [5.41, 5.74) is 0. The van der Waals surface area contributed by atoms with Crippen LogP contribution in [0.5, 0.6) is 0 Å². The van der Waals surface area contributed by atoms with Gasteiger partial charge in [-0.1, -0.05) is 0 Å². The summed E-state index contributed by atoms with van der Waals surface area (Å²) in [6, 6.07) is -0.0758. The standard InChI is InChI=1S/C12H17F3N4O/c1-20-8-4-9(16-5-8)11-18-17-10-3-2-7(6-19(10)11)12(13,14)15/h7-9,16H,2-6H2,1H3. The first-order valence-corrected chi connectivity index (χ1v) is 6.74. The van der Waals surface area contributed by atoms with Crippen LogP contribution in [0.2, 0.25) is 0 Å². The van der Waals surface area contributed by atoms with E-state index in [1.807, 2.05) is 0 Å². The van der Waals surface area contributed by atoms with Crippen molar-refractivity contribution in [3.8, 4) is 0 Å². The maximum absolute atomic E-state index is 12.9. The molecule has 0 amide bonds. The molecule has 5 nitrogen and oxygen atoms in total. The number of aryl methyl sites for hydroxylation is 1. The number of rotatable bonds is 2. The molecule has 1 fully saturated rings. The molecule has 0 saturated carbocycles. The van der Waals surface area contributed by atoms with E-state index in [0.29, 0.717) is 31.0 Å². The molecule has 112 valence electrons. The Bertz CT molecular complexity index is 488. The lowest BCUT2D eigenvalue weighted by atomic mass is 9.98. The summed E-state index contributed by atoms with van der Waals surface area (Å²) in [6.07, 6.45) is -2.93. The van der Waals surface area contributed by atoms with E-state index in [9.17, 15) is 13.2 Å². The van der Waals surface area contributed by atoms with Gasteiger partial charge in [-0.25, -0.2) is 0 Å². The largest absolute Gasteiger partial charge is 0.393 e. The number of hydrogen-bond donors (Lipinski definition) is 1. The van der Waals surface area contributed by atoms with E-state index >= 15 is 0 Å². The number of alkyl halides is 3. The van der Waals surface area contributed by atoms with Crippen molar-refractivity contribution < 1.29 is 17.9 Å². The van der Waals surface area contributed by atoms with Crippen molar-refractivity contribution in [1.82, 2.24) is 20.1 Å². The van der Waals surface area contributed by atoms with Gasteiger partial charge in [-0.15, -0.1) is 10.2 Å². The minimum atomic E-state index is -4.16. The Labute approximate surface area is 114 Å². The van der Waals surface area contributed by atoms with Crippen molar-refractivity contribution in [2.75, 3.05) is 13.7 Å². The van der Waals surface area contributed by atoms with Gasteiger partial charge in [0.05, 0.1) is 18.1 Å². The molecule has 1 aromatic heterocycles. The van der Waals surface area contributed by atoms with Gasteiger partial charge in [0.2, 0.25) is 0 Å². The molecule has 2 aliphatic heterocycles. The van der Waals surface area contributed by atoms with Crippen LogP contribution in [0.15, 0.2) is 0 Å². The van der Waals surface area contributed by atoms with Gasteiger partial charge in [0, 0.05) is 26.6 Å². The molecular formula is C12H17F3N4O. The molecule has 1 saturated heterocycles. The lowest BCUT2D eigenvalue weighted by molar-refractivity contribution is -0.182. The smallest absolute Gasteiger partial charge is 0.380 e. The van der Waals surface area contributed by atoms with Gasteiger partial charge in [-0.3, -0.25) is 0 Å². The number of nitrogens with zero attached hydrogens (tertiary/aromatic N) is 3. The maximum Gasteiger partial charge on any atom is 0.393 e. The highest BCUT2D eigenvalue weighted by molar-refractivity contribution is 5.07. The van der Waals surface area contributed by atoms with Crippen LogP contribution in [-0.2, 0) is 17.7 Å². The minimum Gasteiger partial charge on any atom is -0.380 e. The van der Waals surface area contributed by atoms with Crippen molar-refractivity contribution >= 4 is 0 Å². The number of nitrogens with one attached hydrogen (secondary N) is 1. The average Bonchev–Trinajstić information content (AvgIpc) is 3.02. The predicted molar refractivity (Wildman–Crippen MR) is 64.0 cm³/mol. The molecular weight excluding hydrogens is 273 g/mol. The fraction of sp³-hybridized carbons (Fsp3) is 0.833. The minimum absolute atomic E-state index is 0.0724. The molecule has 0 aliphatic carbocycles. The second kappa shape index (κ2) is 5.00. The highest BCUT2D eigenvalue weighted by atomic mass is 19.4. The molecule has 0 aromatic carbocycles. The summed E-state index contributed by atoms with van der Waals surface area (Å²) >= 11 is 0. The molecule has 3 unspecified atom stereocenters. The van der Waals surface area contributed by atoms with Gasteiger partial charge in [-0.2, -0.15) is 13.2 Å². The van der Waals surface area contributed by atoms with E-state index < -0.39 is 12.1 Å². The molecule has 1 N–H and O–H groups in total. The van der Waals surface area contributed by atoms with E-state index in [-0.39, 0.29) is 25.1 Å². The fourth-order valence-corrected chi connectivity index (χ4v) is 2.95. The first-order chi connectivity index (χ1) is 9.49. The van der Waals surface area contributed by atoms with E-state index in [4.69, 9.17) is 4.74 Å². The summed E-state index contributed by atoms with van der Waals surface area (Å²) in [7, 11) is 1.63. The second-order valence-corrected chi connectivity index (χ2v) is 5.42. The maximum atomic E-state index is 12.9. The molecule has 3 heterocycles. The Balaban J connectivity index is 1.81.